The van der Waals surface area contributed by atoms with Gasteiger partial charge in [-0.2, -0.15) is 0 Å². The Balaban J connectivity index is 2.22. The number of benzene rings is 2. The summed E-state index contributed by atoms with van der Waals surface area (Å²) in [4.78, 5) is 16.6. The molecule has 3 rings (SSSR count). The molecule has 0 aliphatic carbocycles. The molecule has 0 fully saturated rings. The number of aromatic nitrogens is 3. The number of rotatable bonds is 2. The molecule has 0 unspecified atom stereocenters. The van der Waals surface area contributed by atoms with Crippen LogP contribution in [0, 0.1) is 0 Å². The van der Waals surface area contributed by atoms with Crippen molar-refractivity contribution in [1.82, 2.24) is 14.8 Å². The lowest BCUT2D eigenvalue weighted by atomic mass is 10.1. The zero-order valence-corrected chi connectivity index (χ0v) is 11.0. The Bertz CT molecular complexity index is 780. The van der Waals surface area contributed by atoms with Gasteiger partial charge < -0.3 is 0 Å². The zero-order chi connectivity index (χ0) is 13.9. The fraction of sp³-hybridized carbons (Fsp3) is 0.0625. The number of aryl methyl sites for hydroxylation is 1. The maximum absolute atomic E-state index is 12.2. The van der Waals surface area contributed by atoms with Crippen molar-refractivity contribution in [2.45, 2.75) is 0 Å². The summed E-state index contributed by atoms with van der Waals surface area (Å²) in [6, 6.07) is 19.1. The largest absolute Gasteiger partial charge is 0.293 e. The van der Waals surface area contributed by atoms with Crippen LogP contribution in [0.3, 0.4) is 0 Å². The van der Waals surface area contributed by atoms with Crippen LogP contribution in [-0.2, 0) is 7.05 Å². The molecule has 0 aliphatic rings. The lowest BCUT2D eigenvalue weighted by Gasteiger charge is -2.06. The molecule has 0 atom stereocenters. The maximum Gasteiger partial charge on any atom is 0.293 e. The summed E-state index contributed by atoms with van der Waals surface area (Å²) in [7, 11) is 1.64. The summed E-state index contributed by atoms with van der Waals surface area (Å²) in [6.07, 6.45) is 0. The van der Waals surface area contributed by atoms with Crippen LogP contribution in [0.2, 0.25) is 0 Å². The Morgan fingerprint density at radius 3 is 2.00 bits per heavy atom. The molecule has 2 aromatic carbocycles. The Morgan fingerprint density at radius 2 is 1.40 bits per heavy atom. The van der Waals surface area contributed by atoms with Gasteiger partial charge in [0.25, 0.3) is 5.56 Å². The van der Waals surface area contributed by atoms with Gasteiger partial charge in [-0.05, 0) is 0 Å². The summed E-state index contributed by atoms with van der Waals surface area (Å²) < 4.78 is 1.33. The van der Waals surface area contributed by atoms with Crippen LogP contribution in [-0.4, -0.2) is 14.8 Å². The second-order valence-corrected chi connectivity index (χ2v) is 4.44. The monoisotopic (exact) mass is 263 g/mol. The molecule has 0 amide bonds. The molecule has 0 saturated carbocycles. The van der Waals surface area contributed by atoms with E-state index in [4.69, 9.17) is 0 Å². The Kier molecular flexibility index (Phi) is 3.13. The van der Waals surface area contributed by atoms with Gasteiger partial charge in [0, 0.05) is 18.2 Å². The summed E-state index contributed by atoms with van der Waals surface area (Å²) >= 11 is 0. The highest BCUT2D eigenvalue weighted by Crippen LogP contribution is 2.17. The molecule has 4 heteroatoms. The van der Waals surface area contributed by atoms with Gasteiger partial charge in [-0.25, -0.2) is 9.67 Å². The topological polar surface area (TPSA) is 47.8 Å². The van der Waals surface area contributed by atoms with Crippen LogP contribution >= 0.6 is 0 Å². The predicted molar refractivity (Wildman–Crippen MR) is 78.1 cm³/mol. The lowest BCUT2D eigenvalue weighted by Crippen LogP contribution is -2.23. The van der Waals surface area contributed by atoms with Gasteiger partial charge in [0.2, 0.25) is 0 Å². The van der Waals surface area contributed by atoms with Crippen LogP contribution in [0.5, 0.6) is 0 Å². The van der Waals surface area contributed by atoms with E-state index < -0.39 is 0 Å². The van der Waals surface area contributed by atoms with Gasteiger partial charge in [-0.3, -0.25) is 4.79 Å². The minimum atomic E-state index is -0.198. The molecule has 4 nitrogen and oxygen atoms in total. The molecule has 0 saturated heterocycles. The van der Waals surface area contributed by atoms with Crippen molar-refractivity contribution in [3.05, 3.63) is 71.0 Å². The average Bonchev–Trinajstić information content (AvgIpc) is 2.51. The number of hydrogen-bond donors (Lipinski definition) is 0. The van der Waals surface area contributed by atoms with E-state index in [2.05, 4.69) is 10.1 Å². The van der Waals surface area contributed by atoms with Crippen molar-refractivity contribution in [3.8, 4) is 22.6 Å². The molecule has 0 radical (unpaired) electrons. The highest BCUT2D eigenvalue weighted by atomic mass is 16.1. The fourth-order valence-electron chi connectivity index (χ4n) is 2.01. The van der Waals surface area contributed by atoms with Crippen molar-refractivity contribution >= 4 is 0 Å². The number of hydrogen-bond acceptors (Lipinski definition) is 3. The molecular formula is C16H13N3O. The Labute approximate surface area is 116 Å². The van der Waals surface area contributed by atoms with E-state index in [1.165, 1.54) is 4.68 Å². The third kappa shape index (κ3) is 2.23. The van der Waals surface area contributed by atoms with Crippen molar-refractivity contribution in [3.63, 3.8) is 0 Å². The van der Waals surface area contributed by atoms with E-state index in [0.29, 0.717) is 11.5 Å². The van der Waals surface area contributed by atoms with E-state index in [0.717, 1.165) is 11.1 Å². The predicted octanol–water partition coefficient (Wildman–Crippen LogP) is 2.51. The second kappa shape index (κ2) is 5.09. The SMILES string of the molecule is Cn1nc(-c2ccccc2)nc(-c2ccccc2)c1=O. The highest BCUT2D eigenvalue weighted by molar-refractivity contribution is 5.62. The highest BCUT2D eigenvalue weighted by Gasteiger charge is 2.11. The first-order chi connectivity index (χ1) is 9.75. The third-order valence-corrected chi connectivity index (χ3v) is 3.04. The summed E-state index contributed by atoms with van der Waals surface area (Å²) in [5, 5.41) is 4.22. The van der Waals surface area contributed by atoms with Crippen LogP contribution in [0.15, 0.2) is 65.5 Å². The van der Waals surface area contributed by atoms with Crippen molar-refractivity contribution in [1.29, 1.82) is 0 Å². The van der Waals surface area contributed by atoms with Crippen LogP contribution < -0.4 is 5.56 Å². The fourth-order valence-corrected chi connectivity index (χ4v) is 2.01. The molecule has 0 spiro atoms. The first-order valence-corrected chi connectivity index (χ1v) is 6.32. The lowest BCUT2D eigenvalue weighted by molar-refractivity contribution is 0.698. The van der Waals surface area contributed by atoms with Crippen molar-refractivity contribution < 1.29 is 0 Å². The minimum absolute atomic E-state index is 0.198. The maximum atomic E-state index is 12.2. The molecular weight excluding hydrogens is 250 g/mol. The Morgan fingerprint density at radius 1 is 0.850 bits per heavy atom. The summed E-state index contributed by atoms with van der Waals surface area (Å²) in [5.41, 5.74) is 1.91. The van der Waals surface area contributed by atoms with E-state index in [1.807, 2.05) is 60.7 Å². The van der Waals surface area contributed by atoms with Crippen LogP contribution in [0.1, 0.15) is 0 Å². The molecule has 1 aromatic heterocycles. The molecule has 1 heterocycles. The van der Waals surface area contributed by atoms with E-state index >= 15 is 0 Å². The summed E-state index contributed by atoms with van der Waals surface area (Å²) in [6.45, 7) is 0. The van der Waals surface area contributed by atoms with Gasteiger partial charge in [0.1, 0.15) is 5.69 Å². The van der Waals surface area contributed by atoms with Gasteiger partial charge in [-0.1, -0.05) is 60.7 Å². The molecule has 0 N–H and O–H groups in total. The van der Waals surface area contributed by atoms with Gasteiger partial charge >= 0.3 is 0 Å². The third-order valence-electron chi connectivity index (χ3n) is 3.04. The minimum Gasteiger partial charge on any atom is -0.265 e. The zero-order valence-electron chi connectivity index (χ0n) is 11.0. The van der Waals surface area contributed by atoms with Crippen molar-refractivity contribution in [2.24, 2.45) is 7.05 Å². The Hall–Kier alpha value is -2.75. The molecule has 98 valence electrons. The number of nitrogens with zero attached hydrogens (tertiary/aromatic N) is 3. The standard InChI is InChI=1S/C16H13N3O/c1-19-16(20)14(12-8-4-2-5-9-12)17-15(18-19)13-10-6-3-7-11-13/h2-11H,1H3. The molecule has 0 bridgehead atoms. The smallest absolute Gasteiger partial charge is 0.265 e. The van der Waals surface area contributed by atoms with Crippen LogP contribution in [0.25, 0.3) is 22.6 Å². The van der Waals surface area contributed by atoms with E-state index in [9.17, 15) is 4.79 Å². The van der Waals surface area contributed by atoms with Crippen molar-refractivity contribution in [2.75, 3.05) is 0 Å². The average molecular weight is 263 g/mol. The molecule has 3 aromatic rings. The normalized spacial score (nSPS) is 10.4. The van der Waals surface area contributed by atoms with Gasteiger partial charge in [0.05, 0.1) is 0 Å². The molecule has 0 aliphatic heterocycles. The van der Waals surface area contributed by atoms with Gasteiger partial charge in [-0.15, -0.1) is 5.10 Å². The van der Waals surface area contributed by atoms with Gasteiger partial charge in [0.15, 0.2) is 5.82 Å². The van der Waals surface area contributed by atoms with E-state index in [-0.39, 0.29) is 5.56 Å². The second-order valence-electron chi connectivity index (χ2n) is 4.44. The first kappa shape index (κ1) is 12.3. The quantitative estimate of drug-likeness (QED) is 0.713. The first-order valence-electron chi connectivity index (χ1n) is 6.32. The van der Waals surface area contributed by atoms with E-state index in [1.54, 1.807) is 7.05 Å². The summed E-state index contributed by atoms with van der Waals surface area (Å²) in [5.74, 6) is 0.548. The van der Waals surface area contributed by atoms with Crippen LogP contribution in [0.4, 0.5) is 0 Å². The molecule has 20 heavy (non-hydrogen) atoms.